The summed E-state index contributed by atoms with van der Waals surface area (Å²) in [5, 5.41) is 15.2. The van der Waals surface area contributed by atoms with Gasteiger partial charge < -0.3 is 20.5 Å². The first-order valence-corrected chi connectivity index (χ1v) is 12.5. The molecule has 0 amide bonds. The zero-order valence-corrected chi connectivity index (χ0v) is 18.7. The summed E-state index contributed by atoms with van der Waals surface area (Å²) in [4.78, 5) is 11.3. The van der Waals surface area contributed by atoms with Crippen LogP contribution in [0.3, 0.4) is 0 Å². The van der Waals surface area contributed by atoms with E-state index in [1.165, 1.54) is 96.2 Å². The minimum atomic E-state index is -0.817. The first kappa shape index (κ1) is 25.0. The Morgan fingerprint density at radius 2 is 1.57 bits per heavy atom. The molecular formula is C22H42N2O3S. The summed E-state index contributed by atoms with van der Waals surface area (Å²) >= 11 is 1.72. The summed E-state index contributed by atoms with van der Waals surface area (Å²) in [5.41, 5.74) is 0. The normalized spacial score (nSPS) is 14.2. The molecule has 164 valence electrons. The van der Waals surface area contributed by atoms with E-state index in [2.05, 4.69) is 17.6 Å². The van der Waals surface area contributed by atoms with Crippen molar-refractivity contribution in [2.75, 3.05) is 18.2 Å². The van der Waals surface area contributed by atoms with Crippen molar-refractivity contribution in [2.45, 2.75) is 103 Å². The van der Waals surface area contributed by atoms with Crippen molar-refractivity contribution in [3.63, 3.8) is 0 Å². The molecule has 0 fully saturated rings. The van der Waals surface area contributed by atoms with E-state index in [0.717, 1.165) is 5.75 Å². The van der Waals surface area contributed by atoms with Gasteiger partial charge in [-0.25, -0.2) is 4.79 Å². The van der Waals surface area contributed by atoms with Crippen molar-refractivity contribution in [3.8, 4) is 0 Å². The van der Waals surface area contributed by atoms with E-state index in [1.807, 2.05) is 0 Å². The molecule has 1 unspecified atom stereocenters. The lowest BCUT2D eigenvalue weighted by Crippen LogP contribution is -2.41. The highest BCUT2D eigenvalue weighted by atomic mass is 32.2. The number of thioether (sulfide) groups is 1. The Bertz CT molecular complexity index is 419. The largest absolute Gasteiger partial charge is 0.480 e. The third kappa shape index (κ3) is 14.0. The Kier molecular flexibility index (Phi) is 16.1. The number of rotatable bonds is 20. The number of aliphatic carboxylic acids is 1. The van der Waals surface area contributed by atoms with Gasteiger partial charge in [-0.15, -0.1) is 0 Å². The van der Waals surface area contributed by atoms with Gasteiger partial charge in [0.2, 0.25) is 0 Å². The maximum absolute atomic E-state index is 11.3. The molecule has 0 radical (unpaired) electrons. The van der Waals surface area contributed by atoms with Crippen LogP contribution in [0.15, 0.2) is 12.1 Å². The van der Waals surface area contributed by atoms with E-state index in [-0.39, 0.29) is 0 Å². The quantitative estimate of drug-likeness (QED) is 0.225. The van der Waals surface area contributed by atoms with E-state index in [1.54, 1.807) is 11.8 Å². The van der Waals surface area contributed by atoms with Gasteiger partial charge in [0.05, 0.1) is 0 Å². The van der Waals surface area contributed by atoms with Gasteiger partial charge in [0.25, 0.3) is 0 Å². The monoisotopic (exact) mass is 414 g/mol. The van der Waals surface area contributed by atoms with Crippen LogP contribution in [0.1, 0.15) is 96.8 Å². The Morgan fingerprint density at radius 1 is 1.04 bits per heavy atom. The molecule has 0 aromatic carbocycles. The smallest absolute Gasteiger partial charge is 0.327 e. The second-order valence-corrected chi connectivity index (χ2v) is 8.88. The second kappa shape index (κ2) is 18.0. The Morgan fingerprint density at radius 3 is 2.04 bits per heavy atom. The Hall–Kier alpha value is -1.04. The van der Waals surface area contributed by atoms with E-state index in [0.29, 0.717) is 18.3 Å². The van der Waals surface area contributed by atoms with Gasteiger partial charge in [0.15, 0.2) is 6.73 Å². The molecule has 6 heteroatoms. The van der Waals surface area contributed by atoms with E-state index in [9.17, 15) is 9.90 Å². The van der Waals surface area contributed by atoms with Crippen LogP contribution in [0, 0.1) is 0 Å². The van der Waals surface area contributed by atoms with Crippen LogP contribution >= 0.6 is 11.8 Å². The summed E-state index contributed by atoms with van der Waals surface area (Å²) in [6, 6.07) is -0.572. The lowest BCUT2D eigenvalue weighted by molar-refractivity contribution is -0.138. The van der Waals surface area contributed by atoms with Crippen LogP contribution < -0.4 is 10.6 Å². The molecule has 0 saturated heterocycles. The minimum Gasteiger partial charge on any atom is -0.480 e. The zero-order chi connectivity index (χ0) is 20.3. The summed E-state index contributed by atoms with van der Waals surface area (Å²) in [6.07, 6.45) is 20.7. The second-order valence-electron chi connectivity index (χ2n) is 7.73. The maximum atomic E-state index is 11.3. The standard InChI is InChI=1S/C22H42N2O3S/c1-2-3-4-5-6-7-8-9-10-11-12-13-14-15-16-28-18-20(22(25)26)24-21-17-27-19-23-21/h17,20,23-24H,2-16,18-19H2,1H3,(H,25,26). The number of unbranched alkanes of at least 4 members (excludes halogenated alkanes) is 13. The Balaban J connectivity index is 1.82. The molecule has 1 atom stereocenters. The molecule has 0 aliphatic carbocycles. The molecule has 5 nitrogen and oxygen atoms in total. The van der Waals surface area contributed by atoms with Crippen LogP contribution in [0.2, 0.25) is 0 Å². The number of carboxylic acids is 1. The summed E-state index contributed by atoms with van der Waals surface area (Å²) < 4.78 is 5.04. The van der Waals surface area contributed by atoms with Gasteiger partial charge in [-0.1, -0.05) is 90.4 Å². The molecule has 0 spiro atoms. The molecule has 0 saturated carbocycles. The summed E-state index contributed by atoms with van der Waals surface area (Å²) in [5.74, 6) is 1.45. The summed E-state index contributed by atoms with van der Waals surface area (Å²) in [7, 11) is 0. The minimum absolute atomic E-state index is 0.404. The van der Waals surface area contributed by atoms with E-state index >= 15 is 0 Å². The highest BCUT2D eigenvalue weighted by Crippen LogP contribution is 2.14. The molecule has 28 heavy (non-hydrogen) atoms. The maximum Gasteiger partial charge on any atom is 0.327 e. The van der Waals surface area contributed by atoms with Crippen molar-refractivity contribution in [2.24, 2.45) is 0 Å². The number of carbonyl (C=O) groups is 1. The number of hydrogen-bond acceptors (Lipinski definition) is 5. The van der Waals surface area contributed by atoms with Crippen LogP contribution in [-0.2, 0) is 9.53 Å². The predicted molar refractivity (Wildman–Crippen MR) is 119 cm³/mol. The van der Waals surface area contributed by atoms with Gasteiger partial charge in [-0.05, 0) is 12.2 Å². The molecule has 1 heterocycles. The first-order valence-electron chi connectivity index (χ1n) is 11.4. The average Bonchev–Trinajstić information content (AvgIpc) is 3.19. The van der Waals surface area contributed by atoms with Crippen molar-refractivity contribution in [1.82, 2.24) is 10.6 Å². The Labute approximate surface area is 176 Å². The number of nitrogens with one attached hydrogen (secondary N) is 2. The van der Waals surface area contributed by atoms with Gasteiger partial charge in [0.1, 0.15) is 18.1 Å². The van der Waals surface area contributed by atoms with Gasteiger partial charge >= 0.3 is 5.97 Å². The number of hydrogen-bond donors (Lipinski definition) is 3. The van der Waals surface area contributed by atoms with Crippen LogP contribution in [-0.4, -0.2) is 35.4 Å². The average molecular weight is 415 g/mol. The third-order valence-corrected chi connectivity index (χ3v) is 6.25. The molecule has 1 rings (SSSR count). The zero-order valence-electron chi connectivity index (χ0n) is 17.8. The van der Waals surface area contributed by atoms with Crippen molar-refractivity contribution >= 4 is 17.7 Å². The fourth-order valence-electron chi connectivity index (χ4n) is 3.33. The fourth-order valence-corrected chi connectivity index (χ4v) is 4.37. The topological polar surface area (TPSA) is 70.6 Å². The SMILES string of the molecule is CCCCCCCCCCCCCCCCSCC(NC1=COCN1)C(=O)O. The van der Waals surface area contributed by atoms with Crippen molar-refractivity contribution in [3.05, 3.63) is 12.1 Å². The predicted octanol–water partition coefficient (Wildman–Crippen LogP) is 5.62. The van der Waals surface area contributed by atoms with Crippen molar-refractivity contribution < 1.29 is 14.6 Å². The highest BCUT2D eigenvalue weighted by molar-refractivity contribution is 7.99. The van der Waals surface area contributed by atoms with Gasteiger partial charge in [-0.3, -0.25) is 0 Å². The fraction of sp³-hybridized carbons (Fsp3) is 0.864. The van der Waals surface area contributed by atoms with Crippen LogP contribution in [0.25, 0.3) is 0 Å². The number of carboxylic acid groups (broad SMARTS) is 1. The van der Waals surface area contributed by atoms with Crippen LogP contribution in [0.4, 0.5) is 0 Å². The van der Waals surface area contributed by atoms with Gasteiger partial charge in [0, 0.05) is 5.75 Å². The molecule has 0 aromatic heterocycles. The molecule has 1 aliphatic rings. The first-order chi connectivity index (χ1) is 13.7. The summed E-state index contributed by atoms with van der Waals surface area (Å²) in [6.45, 7) is 2.68. The van der Waals surface area contributed by atoms with Crippen LogP contribution in [0.5, 0.6) is 0 Å². The number of ether oxygens (including phenoxy) is 1. The lowest BCUT2D eigenvalue weighted by Gasteiger charge is -2.15. The molecule has 0 aromatic rings. The highest BCUT2D eigenvalue weighted by Gasteiger charge is 2.19. The third-order valence-electron chi connectivity index (χ3n) is 5.10. The molecule has 3 N–H and O–H groups in total. The van der Waals surface area contributed by atoms with Crippen molar-refractivity contribution in [1.29, 1.82) is 0 Å². The van der Waals surface area contributed by atoms with E-state index < -0.39 is 12.0 Å². The van der Waals surface area contributed by atoms with Gasteiger partial charge in [-0.2, -0.15) is 11.8 Å². The molecular weight excluding hydrogens is 372 g/mol. The van der Waals surface area contributed by atoms with E-state index in [4.69, 9.17) is 4.74 Å². The molecule has 0 bridgehead atoms. The lowest BCUT2D eigenvalue weighted by atomic mass is 10.0. The molecule has 1 aliphatic heterocycles.